The third-order valence-corrected chi connectivity index (χ3v) is 4.14. The molecule has 3 nitrogen and oxygen atoms in total. The molecule has 118 valence electrons. The van der Waals surface area contributed by atoms with E-state index < -0.39 is 17.7 Å². The molecular weight excluding hydrogens is 272 g/mol. The average molecular weight is 297 g/mol. The zero-order valence-electron chi connectivity index (χ0n) is 12.7. The van der Waals surface area contributed by atoms with Gasteiger partial charge >= 0.3 is 0 Å². The average Bonchev–Trinajstić information content (AvgIpc) is 2.49. The van der Waals surface area contributed by atoms with Crippen LogP contribution in [0.1, 0.15) is 31.4 Å². The molecule has 0 radical (unpaired) electrons. The Morgan fingerprint density at radius 3 is 2.33 bits per heavy atom. The molecule has 0 aromatic heterocycles. The van der Waals surface area contributed by atoms with Gasteiger partial charge in [0.15, 0.2) is 11.6 Å². The van der Waals surface area contributed by atoms with Crippen LogP contribution in [0.25, 0.3) is 0 Å². The fourth-order valence-corrected chi connectivity index (χ4v) is 2.84. The molecule has 1 aliphatic heterocycles. The van der Waals surface area contributed by atoms with Gasteiger partial charge in [-0.2, -0.15) is 0 Å². The van der Waals surface area contributed by atoms with Crippen LogP contribution in [0, 0.1) is 11.6 Å². The Morgan fingerprint density at radius 1 is 1.10 bits per heavy atom. The maximum absolute atomic E-state index is 13.7. The highest BCUT2D eigenvalue weighted by molar-refractivity contribution is 5.22. The number of nitrogens with two attached hydrogens (primary N) is 1. The van der Waals surface area contributed by atoms with Crippen LogP contribution in [0.5, 0.6) is 0 Å². The monoisotopic (exact) mass is 297 g/mol. The number of benzene rings is 1. The predicted molar refractivity (Wildman–Crippen MR) is 81.1 cm³/mol. The predicted octanol–water partition coefficient (Wildman–Crippen LogP) is 2.38. The normalized spacial score (nSPS) is 18.9. The van der Waals surface area contributed by atoms with Crippen molar-refractivity contribution in [3.05, 3.63) is 35.4 Å². The molecule has 21 heavy (non-hydrogen) atoms. The van der Waals surface area contributed by atoms with Crippen molar-refractivity contribution in [2.24, 2.45) is 5.73 Å². The van der Waals surface area contributed by atoms with E-state index in [1.54, 1.807) is 6.07 Å². The Morgan fingerprint density at radius 2 is 1.71 bits per heavy atom. The van der Waals surface area contributed by atoms with Crippen LogP contribution < -0.4 is 5.73 Å². The van der Waals surface area contributed by atoms with Gasteiger partial charge in [-0.1, -0.05) is 19.1 Å². The van der Waals surface area contributed by atoms with Gasteiger partial charge in [-0.05, 0) is 25.5 Å². The van der Waals surface area contributed by atoms with Crippen molar-refractivity contribution in [3.8, 4) is 0 Å². The molecule has 0 spiro atoms. The zero-order valence-corrected chi connectivity index (χ0v) is 12.7. The fourth-order valence-electron chi connectivity index (χ4n) is 2.84. The highest BCUT2D eigenvalue weighted by Gasteiger charge is 2.19. The summed E-state index contributed by atoms with van der Waals surface area (Å²) in [4.78, 5) is 4.81. The summed E-state index contributed by atoms with van der Waals surface area (Å²) in [6.07, 6.45) is 1.83. The molecular formula is C16H25F2N3. The summed E-state index contributed by atoms with van der Waals surface area (Å²) < 4.78 is 26.9. The molecule has 2 N–H and O–H groups in total. The van der Waals surface area contributed by atoms with E-state index in [2.05, 4.69) is 16.7 Å². The van der Waals surface area contributed by atoms with Gasteiger partial charge in [0.2, 0.25) is 0 Å². The Bertz CT molecular complexity index is 445. The lowest BCUT2D eigenvalue weighted by Crippen LogP contribution is -2.47. The largest absolute Gasteiger partial charge is 0.324 e. The first-order chi connectivity index (χ1) is 10.1. The molecule has 0 amide bonds. The van der Waals surface area contributed by atoms with Crippen LogP contribution in [0.3, 0.4) is 0 Å². The Kier molecular flexibility index (Phi) is 6.08. The second-order valence-electron chi connectivity index (χ2n) is 5.72. The molecule has 1 aliphatic rings. The van der Waals surface area contributed by atoms with Crippen molar-refractivity contribution in [1.29, 1.82) is 0 Å². The van der Waals surface area contributed by atoms with Crippen molar-refractivity contribution >= 4 is 0 Å². The first-order valence-corrected chi connectivity index (χ1v) is 7.76. The molecule has 2 rings (SSSR count). The first-order valence-electron chi connectivity index (χ1n) is 7.76. The van der Waals surface area contributed by atoms with E-state index >= 15 is 0 Å². The van der Waals surface area contributed by atoms with E-state index in [4.69, 9.17) is 5.73 Å². The van der Waals surface area contributed by atoms with Gasteiger partial charge in [0, 0.05) is 44.3 Å². The molecule has 1 heterocycles. The first kappa shape index (κ1) is 16.3. The molecule has 0 aliphatic carbocycles. The Hall–Kier alpha value is -1.04. The van der Waals surface area contributed by atoms with Gasteiger partial charge in [-0.15, -0.1) is 0 Å². The highest BCUT2D eigenvalue weighted by atomic mass is 19.2. The van der Waals surface area contributed by atoms with Crippen LogP contribution in [-0.2, 0) is 0 Å². The van der Waals surface area contributed by atoms with E-state index in [1.165, 1.54) is 12.5 Å². The second kappa shape index (κ2) is 7.82. The van der Waals surface area contributed by atoms with E-state index in [9.17, 15) is 8.78 Å². The molecule has 0 bridgehead atoms. The SMILES string of the molecule is CCCN1CCN(CCC(N)c2cccc(F)c2F)CC1. The maximum Gasteiger partial charge on any atom is 0.163 e. The van der Waals surface area contributed by atoms with Crippen molar-refractivity contribution in [2.45, 2.75) is 25.8 Å². The number of hydrogen-bond acceptors (Lipinski definition) is 3. The lowest BCUT2D eigenvalue weighted by Gasteiger charge is -2.35. The van der Waals surface area contributed by atoms with Gasteiger partial charge in [-0.3, -0.25) is 0 Å². The number of rotatable bonds is 6. The third kappa shape index (κ3) is 4.46. The van der Waals surface area contributed by atoms with Crippen molar-refractivity contribution in [3.63, 3.8) is 0 Å². The second-order valence-corrected chi connectivity index (χ2v) is 5.72. The molecule has 1 saturated heterocycles. The Balaban J connectivity index is 1.79. The van der Waals surface area contributed by atoms with Crippen LogP contribution in [0.15, 0.2) is 18.2 Å². The minimum Gasteiger partial charge on any atom is -0.324 e. The zero-order chi connectivity index (χ0) is 15.2. The summed E-state index contributed by atoms with van der Waals surface area (Å²) in [6.45, 7) is 8.39. The van der Waals surface area contributed by atoms with Gasteiger partial charge in [0.25, 0.3) is 0 Å². The van der Waals surface area contributed by atoms with Gasteiger partial charge in [0.05, 0.1) is 0 Å². The van der Waals surface area contributed by atoms with E-state index in [0.717, 1.165) is 45.3 Å². The summed E-state index contributed by atoms with van der Waals surface area (Å²) in [5.41, 5.74) is 6.29. The van der Waals surface area contributed by atoms with Crippen LogP contribution in [0.2, 0.25) is 0 Å². The van der Waals surface area contributed by atoms with Gasteiger partial charge in [-0.25, -0.2) is 8.78 Å². The number of nitrogens with zero attached hydrogens (tertiary/aromatic N) is 2. The minimum absolute atomic E-state index is 0.277. The van der Waals surface area contributed by atoms with E-state index in [1.807, 2.05) is 0 Å². The fraction of sp³-hybridized carbons (Fsp3) is 0.625. The van der Waals surface area contributed by atoms with E-state index in [0.29, 0.717) is 6.42 Å². The highest BCUT2D eigenvalue weighted by Crippen LogP contribution is 2.20. The number of hydrogen-bond donors (Lipinski definition) is 1. The Labute approximate surface area is 125 Å². The summed E-state index contributed by atoms with van der Waals surface area (Å²) in [5.74, 6) is -1.63. The molecule has 1 atom stereocenters. The van der Waals surface area contributed by atoms with Gasteiger partial charge < -0.3 is 15.5 Å². The summed E-state index contributed by atoms with van der Waals surface area (Å²) in [6, 6.07) is 3.76. The third-order valence-electron chi connectivity index (χ3n) is 4.14. The molecule has 5 heteroatoms. The van der Waals surface area contributed by atoms with E-state index in [-0.39, 0.29) is 5.56 Å². The molecule has 1 aromatic rings. The topological polar surface area (TPSA) is 32.5 Å². The maximum atomic E-state index is 13.7. The van der Waals surface area contributed by atoms with Crippen molar-refractivity contribution in [1.82, 2.24) is 9.80 Å². The summed E-state index contributed by atoms with van der Waals surface area (Å²) in [7, 11) is 0. The van der Waals surface area contributed by atoms with Crippen LogP contribution in [0.4, 0.5) is 8.78 Å². The van der Waals surface area contributed by atoms with Crippen LogP contribution >= 0.6 is 0 Å². The quantitative estimate of drug-likeness (QED) is 0.875. The smallest absolute Gasteiger partial charge is 0.163 e. The molecule has 0 saturated carbocycles. The molecule has 1 aromatic carbocycles. The summed E-state index contributed by atoms with van der Waals surface area (Å²) >= 11 is 0. The van der Waals surface area contributed by atoms with Gasteiger partial charge in [0.1, 0.15) is 0 Å². The lowest BCUT2D eigenvalue weighted by atomic mass is 10.0. The summed E-state index contributed by atoms with van der Waals surface area (Å²) in [5, 5.41) is 0. The van der Waals surface area contributed by atoms with Crippen molar-refractivity contribution in [2.75, 3.05) is 39.3 Å². The standard InChI is InChI=1S/C16H25F2N3/c1-2-7-20-9-11-21(12-10-20)8-6-15(19)13-4-3-5-14(17)16(13)18/h3-5,15H,2,6-12,19H2,1H3. The number of halogens is 2. The molecule has 1 unspecified atom stereocenters. The number of piperazine rings is 1. The van der Waals surface area contributed by atoms with Crippen LogP contribution in [-0.4, -0.2) is 49.1 Å². The minimum atomic E-state index is -0.823. The van der Waals surface area contributed by atoms with Crippen molar-refractivity contribution < 1.29 is 8.78 Å². The molecule has 1 fully saturated rings. The lowest BCUT2D eigenvalue weighted by molar-refractivity contribution is 0.129.